The van der Waals surface area contributed by atoms with Crippen LogP contribution in [0.5, 0.6) is 0 Å². The van der Waals surface area contributed by atoms with Crippen LogP contribution < -0.4 is 0 Å². The highest BCUT2D eigenvalue weighted by molar-refractivity contribution is 4.64. The van der Waals surface area contributed by atoms with Crippen LogP contribution >= 0.6 is 0 Å². The van der Waals surface area contributed by atoms with Gasteiger partial charge in [0.05, 0.1) is 0 Å². The van der Waals surface area contributed by atoms with Gasteiger partial charge in [-0.15, -0.1) is 0 Å². The molecule has 1 unspecified atom stereocenters. The van der Waals surface area contributed by atoms with E-state index in [1.54, 1.807) is 0 Å². The van der Waals surface area contributed by atoms with Crippen LogP contribution in [0, 0.1) is 0 Å². The maximum atomic E-state index is 2.49. The largest absolute Gasteiger partial charge is 0.305 e. The fourth-order valence-electron chi connectivity index (χ4n) is 3.64. The summed E-state index contributed by atoms with van der Waals surface area (Å²) in [4.78, 5) is 4.80. The second-order valence-corrected chi connectivity index (χ2v) is 8.88. The molecule has 26 heavy (non-hydrogen) atoms. The third kappa shape index (κ3) is 18.7. The average molecular weight is 369 g/mol. The molecule has 0 N–H and O–H groups in total. The van der Waals surface area contributed by atoms with Crippen LogP contribution in [0.2, 0.25) is 0 Å². The molecule has 0 bridgehead atoms. The van der Waals surface area contributed by atoms with Gasteiger partial charge in [-0.2, -0.15) is 0 Å². The molecular weight excluding hydrogens is 316 g/mol. The molecule has 0 heterocycles. The van der Waals surface area contributed by atoms with Gasteiger partial charge in [0.1, 0.15) is 0 Å². The Kier molecular flexibility index (Phi) is 19.6. The van der Waals surface area contributed by atoms with E-state index in [1.165, 1.54) is 116 Å². The van der Waals surface area contributed by atoms with Gasteiger partial charge >= 0.3 is 0 Å². The number of hydrogen-bond acceptors (Lipinski definition) is 2. The summed E-state index contributed by atoms with van der Waals surface area (Å²) in [6.07, 6.45) is 23.2. The molecule has 2 nitrogen and oxygen atoms in total. The molecule has 0 rings (SSSR count). The highest BCUT2D eigenvalue weighted by atomic mass is 15.2. The van der Waals surface area contributed by atoms with E-state index >= 15 is 0 Å². The summed E-state index contributed by atoms with van der Waals surface area (Å²) in [6.45, 7) is 7.05. The molecule has 0 aromatic carbocycles. The predicted molar refractivity (Wildman–Crippen MR) is 120 cm³/mol. The van der Waals surface area contributed by atoms with Crippen LogP contribution in [0.1, 0.15) is 117 Å². The lowest BCUT2D eigenvalue weighted by atomic mass is 10.0. The van der Waals surface area contributed by atoms with E-state index in [0.29, 0.717) is 6.04 Å². The second kappa shape index (κ2) is 19.7. The molecule has 0 aliphatic heterocycles. The third-order valence-electron chi connectivity index (χ3n) is 5.85. The normalized spacial score (nSPS) is 13.0. The van der Waals surface area contributed by atoms with Crippen LogP contribution in [0.25, 0.3) is 0 Å². The standard InChI is InChI=1S/C24H52N2/c1-6-7-8-9-10-11-12-13-14-15-16-17-18-19-20-21-22-26(5)23-24(2)25(3)4/h24H,6-23H2,1-5H3. The van der Waals surface area contributed by atoms with E-state index in [-0.39, 0.29) is 0 Å². The number of rotatable bonds is 20. The maximum Gasteiger partial charge on any atom is 0.0188 e. The molecule has 0 aliphatic rings. The van der Waals surface area contributed by atoms with E-state index < -0.39 is 0 Å². The number of nitrogens with zero attached hydrogens (tertiary/aromatic N) is 2. The maximum absolute atomic E-state index is 2.49. The Hall–Kier alpha value is -0.0800. The van der Waals surface area contributed by atoms with Gasteiger partial charge < -0.3 is 9.80 Å². The summed E-state index contributed by atoms with van der Waals surface area (Å²) < 4.78 is 0. The number of unbranched alkanes of at least 4 members (excludes halogenated alkanes) is 15. The molecule has 0 aromatic rings. The molecular formula is C24H52N2. The van der Waals surface area contributed by atoms with Crippen LogP contribution in [0.4, 0.5) is 0 Å². The number of likely N-dealkylation sites (N-methyl/N-ethyl adjacent to an activating group) is 2. The molecule has 0 amide bonds. The molecule has 2 heteroatoms. The summed E-state index contributed by atoms with van der Waals surface area (Å²) in [5, 5.41) is 0. The van der Waals surface area contributed by atoms with Crippen molar-refractivity contribution in [2.45, 2.75) is 123 Å². The first-order chi connectivity index (χ1) is 12.6. The highest BCUT2D eigenvalue weighted by Crippen LogP contribution is 2.13. The Labute approximate surface area is 167 Å². The van der Waals surface area contributed by atoms with Crippen LogP contribution in [-0.4, -0.2) is 50.1 Å². The van der Waals surface area contributed by atoms with Crippen molar-refractivity contribution in [3.05, 3.63) is 0 Å². The molecule has 0 aliphatic carbocycles. The van der Waals surface area contributed by atoms with Gasteiger partial charge in [0.15, 0.2) is 0 Å². The van der Waals surface area contributed by atoms with Gasteiger partial charge in [0.25, 0.3) is 0 Å². The monoisotopic (exact) mass is 368 g/mol. The minimum atomic E-state index is 0.654. The summed E-state index contributed by atoms with van der Waals surface area (Å²) in [5.74, 6) is 0. The van der Waals surface area contributed by atoms with Crippen molar-refractivity contribution in [1.82, 2.24) is 9.80 Å². The zero-order valence-corrected chi connectivity index (χ0v) is 19.2. The van der Waals surface area contributed by atoms with Crippen molar-refractivity contribution in [3.8, 4) is 0 Å². The Morgan fingerprint density at radius 2 is 0.885 bits per heavy atom. The fourth-order valence-corrected chi connectivity index (χ4v) is 3.64. The molecule has 0 fully saturated rings. The van der Waals surface area contributed by atoms with Crippen molar-refractivity contribution in [2.24, 2.45) is 0 Å². The Bertz CT molecular complexity index is 265. The smallest absolute Gasteiger partial charge is 0.0188 e. The van der Waals surface area contributed by atoms with Crippen LogP contribution in [0.3, 0.4) is 0 Å². The number of hydrogen-bond donors (Lipinski definition) is 0. The second-order valence-electron chi connectivity index (χ2n) is 8.88. The van der Waals surface area contributed by atoms with Crippen molar-refractivity contribution in [3.63, 3.8) is 0 Å². The first kappa shape index (κ1) is 25.9. The Morgan fingerprint density at radius 3 is 1.23 bits per heavy atom. The molecule has 0 spiro atoms. The van der Waals surface area contributed by atoms with E-state index in [0.717, 1.165) is 0 Å². The summed E-state index contributed by atoms with van der Waals surface area (Å²) in [5.41, 5.74) is 0. The molecule has 0 saturated carbocycles. The molecule has 0 aromatic heterocycles. The minimum Gasteiger partial charge on any atom is -0.305 e. The van der Waals surface area contributed by atoms with Gasteiger partial charge in [0.2, 0.25) is 0 Å². The van der Waals surface area contributed by atoms with Crippen LogP contribution in [0.15, 0.2) is 0 Å². The topological polar surface area (TPSA) is 6.48 Å². The van der Waals surface area contributed by atoms with Gasteiger partial charge in [-0.3, -0.25) is 0 Å². The first-order valence-electron chi connectivity index (χ1n) is 11.9. The van der Waals surface area contributed by atoms with Crippen molar-refractivity contribution in [2.75, 3.05) is 34.2 Å². The van der Waals surface area contributed by atoms with Gasteiger partial charge in [0, 0.05) is 12.6 Å². The van der Waals surface area contributed by atoms with Crippen molar-refractivity contribution >= 4 is 0 Å². The predicted octanol–water partition coefficient (Wildman–Crippen LogP) is 7.13. The quantitative estimate of drug-likeness (QED) is 0.211. The zero-order valence-electron chi connectivity index (χ0n) is 19.2. The summed E-state index contributed by atoms with van der Waals surface area (Å²) >= 11 is 0. The van der Waals surface area contributed by atoms with E-state index in [2.05, 4.69) is 44.8 Å². The first-order valence-corrected chi connectivity index (χ1v) is 11.9. The zero-order chi connectivity index (χ0) is 19.5. The fraction of sp³-hybridized carbons (Fsp3) is 1.00. The van der Waals surface area contributed by atoms with Crippen molar-refractivity contribution < 1.29 is 0 Å². The highest BCUT2D eigenvalue weighted by Gasteiger charge is 2.07. The van der Waals surface area contributed by atoms with E-state index in [1.807, 2.05) is 0 Å². The lowest BCUT2D eigenvalue weighted by molar-refractivity contribution is 0.217. The van der Waals surface area contributed by atoms with Gasteiger partial charge in [-0.1, -0.05) is 103 Å². The third-order valence-corrected chi connectivity index (χ3v) is 5.85. The lowest BCUT2D eigenvalue weighted by Crippen LogP contribution is -2.36. The molecule has 1 atom stereocenters. The summed E-state index contributed by atoms with van der Waals surface area (Å²) in [7, 11) is 6.62. The van der Waals surface area contributed by atoms with Gasteiger partial charge in [-0.05, 0) is 41.0 Å². The Morgan fingerprint density at radius 1 is 0.538 bits per heavy atom. The SMILES string of the molecule is CCCCCCCCCCCCCCCCCCN(C)CC(C)N(C)C. The van der Waals surface area contributed by atoms with E-state index in [9.17, 15) is 0 Å². The van der Waals surface area contributed by atoms with Crippen molar-refractivity contribution in [1.29, 1.82) is 0 Å². The van der Waals surface area contributed by atoms with E-state index in [4.69, 9.17) is 0 Å². The molecule has 0 radical (unpaired) electrons. The minimum absolute atomic E-state index is 0.654. The van der Waals surface area contributed by atoms with Crippen LogP contribution in [-0.2, 0) is 0 Å². The average Bonchev–Trinajstić information content (AvgIpc) is 2.61. The lowest BCUT2D eigenvalue weighted by Gasteiger charge is -2.25. The molecule has 158 valence electrons. The van der Waals surface area contributed by atoms with Gasteiger partial charge in [-0.25, -0.2) is 0 Å². The Balaban J connectivity index is 3.15. The summed E-state index contributed by atoms with van der Waals surface area (Å²) in [6, 6.07) is 0.654. The molecule has 0 saturated heterocycles.